The van der Waals surface area contributed by atoms with E-state index in [0.29, 0.717) is 38.4 Å². The number of anilines is 1. The maximum atomic E-state index is 13.7. The number of likely N-dealkylation sites (tertiary alicyclic amines) is 1. The van der Waals surface area contributed by atoms with Crippen LogP contribution in [0.25, 0.3) is 0 Å². The Morgan fingerprint density at radius 1 is 1.03 bits per heavy atom. The van der Waals surface area contributed by atoms with E-state index in [1.54, 1.807) is 7.11 Å². The summed E-state index contributed by atoms with van der Waals surface area (Å²) in [6, 6.07) is 19.9. The average Bonchev–Trinajstić information content (AvgIpc) is 3.42. The molecule has 1 saturated heterocycles. The van der Waals surface area contributed by atoms with Crippen LogP contribution in [0.15, 0.2) is 66.0 Å². The van der Waals surface area contributed by atoms with Crippen molar-refractivity contribution in [2.45, 2.75) is 39.2 Å². The van der Waals surface area contributed by atoms with Gasteiger partial charge >= 0.3 is 0 Å². The molecule has 4 rings (SSSR count). The second-order valence-electron chi connectivity index (χ2n) is 9.06. The molecule has 0 aliphatic carbocycles. The molecule has 0 atom stereocenters. The third kappa shape index (κ3) is 5.50. The van der Waals surface area contributed by atoms with Crippen molar-refractivity contribution < 1.29 is 14.3 Å². The number of hydrogen-bond donors (Lipinski definition) is 0. The molecular weight excluding hydrogens is 444 g/mol. The van der Waals surface area contributed by atoms with Crippen molar-refractivity contribution in [2.75, 3.05) is 25.1 Å². The van der Waals surface area contributed by atoms with Gasteiger partial charge in [-0.05, 0) is 65.6 Å². The molecule has 0 unspecified atom stereocenters. The molecule has 0 bridgehead atoms. The minimum Gasteiger partial charge on any atom is -0.497 e. The van der Waals surface area contributed by atoms with Gasteiger partial charge in [0.25, 0.3) is 5.91 Å². The highest BCUT2D eigenvalue weighted by molar-refractivity contribution is 7.12. The van der Waals surface area contributed by atoms with Crippen molar-refractivity contribution >= 4 is 28.8 Å². The van der Waals surface area contributed by atoms with E-state index in [0.717, 1.165) is 21.9 Å². The van der Waals surface area contributed by atoms with Crippen LogP contribution in [0.5, 0.6) is 5.75 Å². The fourth-order valence-corrected chi connectivity index (χ4v) is 5.05. The first-order valence-electron chi connectivity index (χ1n) is 11.8. The number of amides is 2. The van der Waals surface area contributed by atoms with Gasteiger partial charge in [0, 0.05) is 24.7 Å². The summed E-state index contributed by atoms with van der Waals surface area (Å²) in [6.07, 6.45) is 1.35. The average molecular weight is 477 g/mol. The standard InChI is InChI=1S/C28H32N2O3S/c1-20(2)22-8-6-21(7-9-22)19-30(24-10-12-25(33-3)13-11-24)27(31)23-14-16-29(17-15-23)28(32)26-5-4-18-34-26/h4-13,18,20,23H,14-17,19H2,1-3H3. The second kappa shape index (κ2) is 10.9. The van der Waals surface area contributed by atoms with Crippen LogP contribution in [0.3, 0.4) is 0 Å². The van der Waals surface area contributed by atoms with Crippen molar-refractivity contribution in [3.05, 3.63) is 82.0 Å². The highest BCUT2D eigenvalue weighted by Crippen LogP contribution is 2.28. The van der Waals surface area contributed by atoms with Gasteiger partial charge in [-0.1, -0.05) is 44.2 Å². The Kier molecular flexibility index (Phi) is 7.68. The van der Waals surface area contributed by atoms with Gasteiger partial charge in [0.15, 0.2) is 0 Å². The van der Waals surface area contributed by atoms with E-state index in [4.69, 9.17) is 4.74 Å². The fourth-order valence-electron chi connectivity index (χ4n) is 4.36. The Balaban J connectivity index is 1.49. The predicted octanol–water partition coefficient (Wildman–Crippen LogP) is 5.97. The highest BCUT2D eigenvalue weighted by atomic mass is 32.1. The molecule has 178 valence electrons. The van der Waals surface area contributed by atoms with Crippen LogP contribution in [0.2, 0.25) is 0 Å². The van der Waals surface area contributed by atoms with Crippen LogP contribution >= 0.6 is 11.3 Å². The van der Waals surface area contributed by atoms with Crippen molar-refractivity contribution in [1.29, 1.82) is 0 Å². The summed E-state index contributed by atoms with van der Waals surface area (Å²) in [5.74, 6) is 1.30. The molecule has 1 fully saturated rings. The quantitative estimate of drug-likeness (QED) is 0.422. The predicted molar refractivity (Wildman–Crippen MR) is 138 cm³/mol. The van der Waals surface area contributed by atoms with Gasteiger partial charge in [0.1, 0.15) is 5.75 Å². The SMILES string of the molecule is COc1ccc(N(Cc2ccc(C(C)C)cc2)C(=O)C2CCN(C(=O)c3cccs3)CC2)cc1. The van der Waals surface area contributed by atoms with Crippen molar-refractivity contribution in [2.24, 2.45) is 5.92 Å². The first kappa shape index (κ1) is 24.0. The first-order valence-corrected chi connectivity index (χ1v) is 12.7. The van der Waals surface area contributed by atoms with Gasteiger partial charge in [-0.2, -0.15) is 0 Å². The van der Waals surface area contributed by atoms with Gasteiger partial charge in [-0.25, -0.2) is 0 Å². The molecule has 1 aromatic heterocycles. The number of benzene rings is 2. The summed E-state index contributed by atoms with van der Waals surface area (Å²) < 4.78 is 5.30. The topological polar surface area (TPSA) is 49.9 Å². The van der Waals surface area contributed by atoms with Crippen LogP contribution in [0.4, 0.5) is 5.69 Å². The number of carbonyl (C=O) groups excluding carboxylic acids is 2. The lowest BCUT2D eigenvalue weighted by Crippen LogP contribution is -2.44. The number of thiophene rings is 1. The fraction of sp³-hybridized carbons (Fsp3) is 0.357. The normalized spacial score (nSPS) is 14.3. The third-order valence-corrected chi connectivity index (χ3v) is 7.36. The lowest BCUT2D eigenvalue weighted by Gasteiger charge is -2.34. The first-order chi connectivity index (χ1) is 16.5. The minimum absolute atomic E-state index is 0.0677. The Hall–Kier alpha value is -3.12. The number of nitrogens with zero attached hydrogens (tertiary/aromatic N) is 2. The summed E-state index contributed by atoms with van der Waals surface area (Å²) in [5, 5.41) is 1.92. The number of hydrogen-bond acceptors (Lipinski definition) is 4. The van der Waals surface area contributed by atoms with E-state index in [2.05, 4.69) is 38.1 Å². The van der Waals surface area contributed by atoms with Crippen LogP contribution in [0, 0.1) is 5.92 Å². The van der Waals surface area contributed by atoms with E-state index in [1.165, 1.54) is 16.9 Å². The van der Waals surface area contributed by atoms with Gasteiger partial charge in [-0.15, -0.1) is 11.3 Å². The van der Waals surface area contributed by atoms with E-state index in [1.807, 2.05) is 51.6 Å². The van der Waals surface area contributed by atoms with Crippen LogP contribution in [-0.2, 0) is 11.3 Å². The lowest BCUT2D eigenvalue weighted by molar-refractivity contribution is -0.123. The molecular formula is C28H32N2O3S. The molecule has 0 radical (unpaired) electrons. The molecule has 2 heterocycles. The number of rotatable bonds is 7. The zero-order valence-corrected chi connectivity index (χ0v) is 20.9. The molecule has 2 amide bonds. The molecule has 5 nitrogen and oxygen atoms in total. The third-order valence-electron chi connectivity index (χ3n) is 6.50. The minimum atomic E-state index is -0.107. The van der Waals surface area contributed by atoms with E-state index >= 15 is 0 Å². The summed E-state index contributed by atoms with van der Waals surface area (Å²) in [7, 11) is 1.64. The van der Waals surface area contributed by atoms with Gasteiger partial charge in [0.05, 0.1) is 18.5 Å². The summed E-state index contributed by atoms with van der Waals surface area (Å²) in [6.45, 7) is 6.08. The Bertz CT molecular complexity index is 1080. The van der Waals surface area contributed by atoms with Crippen LogP contribution in [-0.4, -0.2) is 36.9 Å². The summed E-state index contributed by atoms with van der Waals surface area (Å²) in [5.41, 5.74) is 3.24. The van der Waals surface area contributed by atoms with Crippen molar-refractivity contribution in [3.63, 3.8) is 0 Å². The van der Waals surface area contributed by atoms with E-state index in [9.17, 15) is 9.59 Å². The van der Waals surface area contributed by atoms with Crippen LogP contribution < -0.4 is 9.64 Å². The van der Waals surface area contributed by atoms with Crippen LogP contribution in [0.1, 0.15) is 53.4 Å². The Labute approximate surface area is 206 Å². The maximum absolute atomic E-state index is 13.7. The molecule has 1 aliphatic rings. The largest absolute Gasteiger partial charge is 0.497 e. The molecule has 0 N–H and O–H groups in total. The molecule has 1 aliphatic heterocycles. The second-order valence-corrected chi connectivity index (χ2v) is 10.0. The smallest absolute Gasteiger partial charge is 0.263 e. The summed E-state index contributed by atoms with van der Waals surface area (Å²) in [4.78, 5) is 30.9. The highest BCUT2D eigenvalue weighted by Gasteiger charge is 2.31. The summed E-state index contributed by atoms with van der Waals surface area (Å²) >= 11 is 1.46. The molecule has 0 saturated carbocycles. The number of ether oxygens (including phenoxy) is 1. The molecule has 3 aromatic rings. The molecule has 0 spiro atoms. The zero-order valence-electron chi connectivity index (χ0n) is 20.1. The molecule has 2 aromatic carbocycles. The van der Waals surface area contributed by atoms with Gasteiger partial charge in [-0.3, -0.25) is 9.59 Å². The number of carbonyl (C=O) groups is 2. The Morgan fingerprint density at radius 2 is 1.71 bits per heavy atom. The van der Waals surface area contributed by atoms with Gasteiger partial charge in [0.2, 0.25) is 5.91 Å². The number of methoxy groups -OCH3 is 1. The monoisotopic (exact) mass is 476 g/mol. The molecule has 6 heteroatoms. The van der Waals surface area contributed by atoms with Crippen molar-refractivity contribution in [3.8, 4) is 5.75 Å². The lowest BCUT2D eigenvalue weighted by atomic mass is 9.94. The van der Waals surface area contributed by atoms with Gasteiger partial charge < -0.3 is 14.5 Å². The maximum Gasteiger partial charge on any atom is 0.263 e. The van der Waals surface area contributed by atoms with E-state index < -0.39 is 0 Å². The Morgan fingerprint density at radius 3 is 2.26 bits per heavy atom. The van der Waals surface area contributed by atoms with E-state index in [-0.39, 0.29) is 17.7 Å². The van der Waals surface area contributed by atoms with Crippen molar-refractivity contribution in [1.82, 2.24) is 4.90 Å². The number of piperidine rings is 1. The molecule has 34 heavy (non-hydrogen) atoms. The zero-order chi connectivity index (χ0) is 24.1.